The van der Waals surface area contributed by atoms with Crippen molar-refractivity contribution in [1.82, 2.24) is 19.9 Å². The topological polar surface area (TPSA) is 51.1 Å². The lowest BCUT2D eigenvalue weighted by Crippen LogP contribution is -2.20. The molecule has 0 N–H and O–H groups in total. The van der Waals surface area contributed by atoms with Crippen molar-refractivity contribution in [3.8, 4) is 11.6 Å². The van der Waals surface area contributed by atoms with Gasteiger partial charge in [-0.15, -0.1) is 11.3 Å². The number of pyridine rings is 1. The lowest BCUT2D eigenvalue weighted by atomic mass is 10.2. The molecule has 6 heteroatoms. The first-order chi connectivity index (χ1) is 13.7. The summed E-state index contributed by atoms with van der Waals surface area (Å²) in [7, 11) is 0. The van der Waals surface area contributed by atoms with Crippen molar-refractivity contribution in [3.63, 3.8) is 0 Å². The summed E-state index contributed by atoms with van der Waals surface area (Å²) in [6.45, 7) is 7.26. The van der Waals surface area contributed by atoms with Crippen molar-refractivity contribution < 1.29 is 4.74 Å². The predicted molar refractivity (Wildman–Crippen MR) is 113 cm³/mol. The molecule has 0 atom stereocenters. The van der Waals surface area contributed by atoms with Gasteiger partial charge in [0.25, 0.3) is 0 Å². The quantitative estimate of drug-likeness (QED) is 0.477. The molecule has 0 unspecified atom stereocenters. The molecule has 0 aliphatic carbocycles. The van der Waals surface area contributed by atoms with Crippen LogP contribution in [0.25, 0.3) is 21.1 Å². The van der Waals surface area contributed by atoms with Crippen LogP contribution in [0.1, 0.15) is 29.1 Å². The van der Waals surface area contributed by atoms with Crippen LogP contribution in [0.4, 0.5) is 0 Å². The Morgan fingerprint density at radius 3 is 2.75 bits per heavy atom. The molecule has 4 aromatic rings. The zero-order valence-corrected chi connectivity index (χ0v) is 16.9. The highest BCUT2D eigenvalue weighted by Crippen LogP contribution is 2.38. The van der Waals surface area contributed by atoms with E-state index in [2.05, 4.69) is 23.7 Å². The molecule has 0 bridgehead atoms. The smallest absolute Gasteiger partial charge is 0.231 e. The number of ether oxygens (including phenoxy) is 1. The summed E-state index contributed by atoms with van der Waals surface area (Å²) < 4.78 is 6.38. The lowest BCUT2D eigenvalue weighted by Gasteiger charge is -2.15. The molecule has 0 spiro atoms. The Morgan fingerprint density at radius 1 is 1.07 bits per heavy atom. The number of hydrogen-bond acceptors (Lipinski definition) is 6. The van der Waals surface area contributed by atoms with E-state index in [-0.39, 0.29) is 0 Å². The number of benzene rings is 1. The molecule has 1 fully saturated rings. The van der Waals surface area contributed by atoms with Crippen molar-refractivity contribution in [3.05, 3.63) is 52.8 Å². The zero-order chi connectivity index (χ0) is 19.1. The van der Waals surface area contributed by atoms with E-state index in [4.69, 9.17) is 14.7 Å². The minimum absolute atomic E-state index is 0.638. The summed E-state index contributed by atoms with van der Waals surface area (Å²) in [5.41, 5.74) is 2.04. The first-order valence-electron chi connectivity index (χ1n) is 9.69. The fourth-order valence-corrected chi connectivity index (χ4v) is 4.84. The Balaban J connectivity index is 1.61. The molecule has 1 aliphatic heterocycles. The molecule has 1 aromatic carbocycles. The molecule has 1 aliphatic rings. The Bertz CT molecular complexity index is 1160. The molecular formula is C22H22N4OS. The number of nitrogens with zero attached hydrogens (tertiary/aromatic N) is 4. The molecule has 3 aromatic heterocycles. The summed E-state index contributed by atoms with van der Waals surface area (Å²) in [6, 6.07) is 9.98. The Labute approximate surface area is 168 Å². The molecule has 142 valence electrons. The molecule has 0 saturated carbocycles. The molecule has 5 nitrogen and oxygen atoms in total. The monoisotopic (exact) mass is 390 g/mol. The number of para-hydroxylation sites is 1. The molecule has 1 saturated heterocycles. The number of aromatic nitrogens is 3. The van der Waals surface area contributed by atoms with Crippen molar-refractivity contribution in [2.24, 2.45) is 0 Å². The summed E-state index contributed by atoms with van der Waals surface area (Å²) in [6.07, 6.45) is 4.30. The average molecular weight is 391 g/mol. The maximum absolute atomic E-state index is 6.38. The summed E-state index contributed by atoms with van der Waals surface area (Å²) >= 11 is 1.71. The number of likely N-dealkylation sites (tertiary alicyclic amines) is 1. The van der Waals surface area contributed by atoms with Gasteiger partial charge < -0.3 is 4.74 Å². The van der Waals surface area contributed by atoms with E-state index < -0.39 is 0 Å². The number of hydrogen-bond donors (Lipinski definition) is 0. The van der Waals surface area contributed by atoms with Gasteiger partial charge in [-0.25, -0.2) is 4.98 Å². The van der Waals surface area contributed by atoms with E-state index in [1.54, 1.807) is 17.5 Å². The summed E-state index contributed by atoms with van der Waals surface area (Å²) in [5.74, 6) is 2.20. The van der Waals surface area contributed by atoms with Crippen LogP contribution in [0.2, 0.25) is 0 Å². The fraction of sp³-hybridized carbons (Fsp3) is 0.318. The third-order valence-corrected chi connectivity index (χ3v) is 6.51. The first kappa shape index (κ1) is 17.5. The molecule has 0 radical (unpaired) electrons. The van der Waals surface area contributed by atoms with E-state index in [9.17, 15) is 0 Å². The van der Waals surface area contributed by atoms with E-state index >= 15 is 0 Å². The van der Waals surface area contributed by atoms with Crippen molar-refractivity contribution in [2.45, 2.75) is 33.2 Å². The lowest BCUT2D eigenvalue weighted by molar-refractivity contribution is 0.321. The van der Waals surface area contributed by atoms with E-state index in [1.807, 2.05) is 30.3 Å². The van der Waals surface area contributed by atoms with E-state index in [0.717, 1.165) is 52.3 Å². The number of rotatable bonds is 4. The van der Waals surface area contributed by atoms with Crippen LogP contribution >= 0.6 is 11.3 Å². The number of aryl methyl sites for hydroxylation is 2. The van der Waals surface area contributed by atoms with Crippen LogP contribution in [0.3, 0.4) is 0 Å². The third-order valence-electron chi connectivity index (χ3n) is 5.41. The highest BCUT2D eigenvalue weighted by atomic mass is 32.1. The van der Waals surface area contributed by atoms with E-state index in [0.29, 0.717) is 5.88 Å². The second-order valence-corrected chi connectivity index (χ2v) is 8.53. The highest BCUT2D eigenvalue weighted by Gasteiger charge is 2.20. The van der Waals surface area contributed by atoms with Gasteiger partial charge in [-0.3, -0.25) is 9.88 Å². The van der Waals surface area contributed by atoms with Crippen LogP contribution in [0.15, 0.2) is 36.5 Å². The fourth-order valence-electron chi connectivity index (χ4n) is 3.80. The van der Waals surface area contributed by atoms with Crippen LogP contribution in [-0.4, -0.2) is 32.9 Å². The van der Waals surface area contributed by atoms with Crippen molar-refractivity contribution in [1.29, 1.82) is 0 Å². The minimum atomic E-state index is 0.638. The van der Waals surface area contributed by atoms with Gasteiger partial charge in [0.15, 0.2) is 5.75 Å². The van der Waals surface area contributed by atoms with Gasteiger partial charge in [-0.2, -0.15) is 4.98 Å². The van der Waals surface area contributed by atoms with Gasteiger partial charge in [-0.05, 0) is 57.5 Å². The minimum Gasteiger partial charge on any atom is -0.436 e. The van der Waals surface area contributed by atoms with Crippen LogP contribution < -0.4 is 4.74 Å². The molecule has 5 rings (SSSR count). The molecule has 4 heterocycles. The maximum atomic E-state index is 6.38. The van der Waals surface area contributed by atoms with Crippen molar-refractivity contribution >= 4 is 32.5 Å². The maximum Gasteiger partial charge on any atom is 0.231 e. The van der Waals surface area contributed by atoms with Crippen LogP contribution in [-0.2, 0) is 6.54 Å². The number of thiophene rings is 1. The van der Waals surface area contributed by atoms with Crippen molar-refractivity contribution in [2.75, 3.05) is 13.1 Å². The van der Waals surface area contributed by atoms with Gasteiger partial charge in [0.2, 0.25) is 5.88 Å². The van der Waals surface area contributed by atoms with Gasteiger partial charge in [0.05, 0.1) is 11.9 Å². The highest BCUT2D eigenvalue weighted by molar-refractivity contribution is 7.18. The third kappa shape index (κ3) is 3.12. The van der Waals surface area contributed by atoms with Gasteiger partial charge in [-0.1, -0.05) is 18.2 Å². The standard InChI is InChI=1S/C22H22N4OS/c1-14-15(2)28-22-19(14)21(24-18(25-22)13-26-11-3-4-12-26)27-17-9-5-7-16-8-6-10-23-20(16)17/h5-10H,3-4,11-13H2,1-2H3. The Hall–Kier alpha value is -2.57. The van der Waals surface area contributed by atoms with Gasteiger partial charge in [0.1, 0.15) is 16.2 Å². The number of fused-ring (bicyclic) bond motifs is 2. The average Bonchev–Trinajstić information content (AvgIpc) is 3.30. The first-order valence-corrected chi connectivity index (χ1v) is 10.5. The van der Waals surface area contributed by atoms with Crippen LogP contribution in [0.5, 0.6) is 11.6 Å². The second-order valence-electron chi connectivity index (χ2n) is 7.32. The largest absolute Gasteiger partial charge is 0.436 e. The summed E-state index contributed by atoms with van der Waals surface area (Å²) in [4.78, 5) is 18.9. The van der Waals surface area contributed by atoms with Crippen LogP contribution in [0, 0.1) is 13.8 Å². The van der Waals surface area contributed by atoms with E-state index in [1.165, 1.54) is 23.3 Å². The molecular weight excluding hydrogens is 368 g/mol. The van der Waals surface area contributed by atoms with Gasteiger partial charge in [0, 0.05) is 16.5 Å². The Morgan fingerprint density at radius 2 is 1.89 bits per heavy atom. The summed E-state index contributed by atoms with van der Waals surface area (Å²) in [5, 5.41) is 2.07. The SMILES string of the molecule is Cc1sc2nc(CN3CCCC3)nc(Oc3cccc4cccnc34)c2c1C. The Kier molecular flexibility index (Phi) is 4.45. The molecule has 28 heavy (non-hydrogen) atoms. The second kappa shape index (κ2) is 7.11. The normalized spacial score (nSPS) is 14.9. The van der Waals surface area contributed by atoms with Gasteiger partial charge >= 0.3 is 0 Å². The zero-order valence-electron chi connectivity index (χ0n) is 16.1. The predicted octanol–water partition coefficient (Wildman–Crippen LogP) is 5.24. The molecule has 0 amide bonds.